The van der Waals surface area contributed by atoms with Crippen LogP contribution in [0.4, 0.5) is 0 Å². The van der Waals surface area contributed by atoms with E-state index in [-0.39, 0.29) is 5.97 Å². The molecule has 0 aliphatic carbocycles. The second kappa shape index (κ2) is 7.98. The predicted octanol–water partition coefficient (Wildman–Crippen LogP) is 6.31. The number of carbonyl (C=O) groups is 1. The maximum Gasteiger partial charge on any atom is 0.338 e. The molecular weight excluding hydrogens is 356 g/mol. The Morgan fingerprint density at radius 1 is 0.778 bits per heavy atom. The van der Waals surface area contributed by atoms with E-state index in [1.807, 2.05) is 63.2 Å². The SMILES string of the molecule is CC(C)(C)OC(=O)c1ccc([C](c2ccccc2)c2ccccc2)c(Cl)c1. The first-order chi connectivity index (χ1) is 12.8. The summed E-state index contributed by atoms with van der Waals surface area (Å²) in [5.74, 6) is 0.647. The summed E-state index contributed by atoms with van der Waals surface area (Å²) in [7, 11) is 0. The zero-order valence-electron chi connectivity index (χ0n) is 15.7. The molecule has 0 aromatic heterocycles. The van der Waals surface area contributed by atoms with E-state index in [4.69, 9.17) is 16.3 Å². The van der Waals surface area contributed by atoms with Gasteiger partial charge in [0.1, 0.15) is 5.60 Å². The van der Waals surface area contributed by atoms with Crippen molar-refractivity contribution in [3.8, 4) is 0 Å². The van der Waals surface area contributed by atoms with Gasteiger partial charge in [-0.2, -0.15) is 0 Å². The Hall–Kier alpha value is -2.58. The molecule has 0 aliphatic rings. The summed E-state index contributed by atoms with van der Waals surface area (Å²) in [4.78, 5) is 12.3. The summed E-state index contributed by atoms with van der Waals surface area (Å²) in [6, 6.07) is 25.5. The van der Waals surface area contributed by atoms with Gasteiger partial charge in [0, 0.05) is 5.02 Å². The van der Waals surface area contributed by atoms with Crippen molar-refractivity contribution in [3.63, 3.8) is 0 Å². The lowest BCUT2D eigenvalue weighted by Gasteiger charge is -2.21. The lowest BCUT2D eigenvalue weighted by atomic mass is 9.85. The van der Waals surface area contributed by atoms with Crippen molar-refractivity contribution >= 4 is 17.6 Å². The van der Waals surface area contributed by atoms with Gasteiger partial charge in [-0.05, 0) is 49.6 Å². The second-order valence-electron chi connectivity index (χ2n) is 7.30. The molecule has 3 aromatic rings. The molecule has 0 fully saturated rings. The first kappa shape index (κ1) is 19.2. The number of esters is 1. The van der Waals surface area contributed by atoms with Crippen LogP contribution in [-0.4, -0.2) is 11.6 Å². The highest BCUT2D eigenvalue weighted by atomic mass is 35.5. The fraction of sp³-hybridized carbons (Fsp3) is 0.167. The zero-order valence-corrected chi connectivity index (χ0v) is 16.5. The Bertz CT molecular complexity index is 873. The molecule has 3 aromatic carbocycles. The smallest absolute Gasteiger partial charge is 0.338 e. The molecule has 2 nitrogen and oxygen atoms in total. The fourth-order valence-electron chi connectivity index (χ4n) is 2.87. The lowest BCUT2D eigenvalue weighted by molar-refractivity contribution is 0.00695. The minimum Gasteiger partial charge on any atom is -0.456 e. The average molecular weight is 378 g/mol. The van der Waals surface area contributed by atoms with E-state index in [0.717, 1.165) is 22.6 Å². The molecule has 1 radical (unpaired) electrons. The van der Waals surface area contributed by atoms with Crippen molar-refractivity contribution < 1.29 is 9.53 Å². The number of rotatable bonds is 4. The summed E-state index contributed by atoms with van der Waals surface area (Å²) in [5, 5.41) is 0.515. The molecule has 0 saturated carbocycles. The molecule has 0 amide bonds. The van der Waals surface area contributed by atoms with E-state index in [9.17, 15) is 4.79 Å². The predicted molar refractivity (Wildman–Crippen MR) is 110 cm³/mol. The molecule has 3 heteroatoms. The average Bonchev–Trinajstić information content (AvgIpc) is 2.63. The fourth-order valence-corrected chi connectivity index (χ4v) is 3.14. The van der Waals surface area contributed by atoms with Crippen molar-refractivity contribution in [1.82, 2.24) is 0 Å². The first-order valence-corrected chi connectivity index (χ1v) is 9.24. The van der Waals surface area contributed by atoms with Gasteiger partial charge < -0.3 is 4.74 Å². The molecule has 0 heterocycles. The van der Waals surface area contributed by atoms with E-state index in [0.29, 0.717) is 10.6 Å². The van der Waals surface area contributed by atoms with Crippen LogP contribution >= 0.6 is 11.6 Å². The van der Waals surface area contributed by atoms with Crippen LogP contribution in [0.5, 0.6) is 0 Å². The maximum atomic E-state index is 12.3. The van der Waals surface area contributed by atoms with Crippen LogP contribution in [0, 0.1) is 5.92 Å². The topological polar surface area (TPSA) is 26.3 Å². The van der Waals surface area contributed by atoms with Gasteiger partial charge in [-0.3, -0.25) is 0 Å². The largest absolute Gasteiger partial charge is 0.456 e. The number of hydrogen-bond acceptors (Lipinski definition) is 2. The van der Waals surface area contributed by atoms with Crippen molar-refractivity contribution in [2.75, 3.05) is 0 Å². The highest BCUT2D eigenvalue weighted by Gasteiger charge is 2.23. The number of hydrogen-bond donors (Lipinski definition) is 0. The van der Waals surface area contributed by atoms with Crippen LogP contribution in [-0.2, 0) is 4.74 Å². The molecule has 0 bridgehead atoms. The number of benzene rings is 3. The summed E-state index contributed by atoms with van der Waals surface area (Å²) in [6.45, 7) is 5.53. The molecular formula is C24H22ClO2. The van der Waals surface area contributed by atoms with Crippen molar-refractivity contribution in [3.05, 3.63) is 112 Å². The van der Waals surface area contributed by atoms with Gasteiger partial charge >= 0.3 is 5.97 Å². The van der Waals surface area contributed by atoms with Crippen LogP contribution in [0.1, 0.15) is 47.8 Å². The molecule has 0 atom stereocenters. The van der Waals surface area contributed by atoms with Crippen LogP contribution in [0.25, 0.3) is 0 Å². The lowest BCUT2D eigenvalue weighted by Crippen LogP contribution is -2.24. The molecule has 0 aliphatic heterocycles. The molecule has 3 rings (SSSR count). The first-order valence-electron chi connectivity index (χ1n) is 8.86. The second-order valence-corrected chi connectivity index (χ2v) is 7.71. The highest BCUT2D eigenvalue weighted by molar-refractivity contribution is 6.32. The summed E-state index contributed by atoms with van der Waals surface area (Å²) in [5.41, 5.74) is 2.90. The van der Waals surface area contributed by atoms with E-state index < -0.39 is 5.60 Å². The quantitative estimate of drug-likeness (QED) is 0.393. The van der Waals surface area contributed by atoms with Crippen molar-refractivity contribution in [1.29, 1.82) is 0 Å². The standard InChI is InChI=1S/C24H22ClO2/c1-24(2,3)27-23(26)19-14-15-20(21(25)16-19)22(17-10-6-4-7-11-17)18-12-8-5-9-13-18/h4-16H,1-3H3. The Balaban J connectivity index is 2.02. The van der Waals surface area contributed by atoms with Gasteiger partial charge in [-0.25, -0.2) is 4.79 Å². The van der Waals surface area contributed by atoms with Crippen molar-refractivity contribution in [2.24, 2.45) is 0 Å². The third-order valence-corrected chi connectivity index (χ3v) is 4.31. The summed E-state index contributed by atoms with van der Waals surface area (Å²) in [6.07, 6.45) is 0. The van der Waals surface area contributed by atoms with Gasteiger partial charge in [0.25, 0.3) is 0 Å². The molecule has 0 saturated heterocycles. The van der Waals surface area contributed by atoms with Gasteiger partial charge in [0.2, 0.25) is 0 Å². The number of halogens is 1. The van der Waals surface area contributed by atoms with Crippen LogP contribution in [0.3, 0.4) is 0 Å². The van der Waals surface area contributed by atoms with Gasteiger partial charge in [-0.15, -0.1) is 0 Å². The Morgan fingerprint density at radius 2 is 1.30 bits per heavy atom. The van der Waals surface area contributed by atoms with Gasteiger partial charge in [-0.1, -0.05) is 78.3 Å². The van der Waals surface area contributed by atoms with Gasteiger partial charge in [0.15, 0.2) is 0 Å². The molecule has 27 heavy (non-hydrogen) atoms. The Labute approximate surface area is 165 Å². The molecule has 0 N–H and O–H groups in total. The number of carbonyl (C=O) groups excluding carboxylic acids is 1. The maximum absolute atomic E-state index is 12.3. The summed E-state index contributed by atoms with van der Waals surface area (Å²) < 4.78 is 5.44. The third kappa shape index (κ3) is 4.78. The van der Waals surface area contributed by atoms with Crippen LogP contribution in [0.15, 0.2) is 78.9 Å². The monoisotopic (exact) mass is 377 g/mol. The van der Waals surface area contributed by atoms with E-state index in [1.54, 1.807) is 12.1 Å². The molecule has 137 valence electrons. The molecule has 0 unspecified atom stereocenters. The Kier molecular flexibility index (Phi) is 5.67. The highest BCUT2D eigenvalue weighted by Crippen LogP contribution is 2.35. The Morgan fingerprint density at radius 3 is 1.74 bits per heavy atom. The normalized spacial score (nSPS) is 11.4. The van der Waals surface area contributed by atoms with E-state index >= 15 is 0 Å². The summed E-state index contributed by atoms with van der Waals surface area (Å²) >= 11 is 6.61. The zero-order chi connectivity index (χ0) is 19.4. The van der Waals surface area contributed by atoms with Crippen molar-refractivity contribution in [2.45, 2.75) is 26.4 Å². The van der Waals surface area contributed by atoms with Gasteiger partial charge in [0.05, 0.1) is 11.5 Å². The minimum atomic E-state index is -0.548. The third-order valence-electron chi connectivity index (χ3n) is 4.00. The number of ether oxygens (including phenoxy) is 1. The minimum absolute atomic E-state index is 0.378. The van der Waals surface area contributed by atoms with E-state index in [2.05, 4.69) is 24.3 Å². The molecule has 0 spiro atoms. The van der Waals surface area contributed by atoms with Crippen LogP contribution < -0.4 is 0 Å². The van der Waals surface area contributed by atoms with Crippen LogP contribution in [0.2, 0.25) is 5.02 Å². The van der Waals surface area contributed by atoms with E-state index in [1.165, 1.54) is 0 Å².